The minimum Gasteiger partial charge on any atom is -0.457 e. The van der Waals surface area contributed by atoms with Crippen LogP contribution in [0.1, 0.15) is 29.9 Å². The first kappa shape index (κ1) is 13.1. The van der Waals surface area contributed by atoms with Crippen LogP contribution in [0.2, 0.25) is 0 Å². The maximum atomic E-state index is 13.4. The van der Waals surface area contributed by atoms with Gasteiger partial charge in [-0.05, 0) is 60.6 Å². The molecule has 1 unspecified atom stereocenters. The van der Waals surface area contributed by atoms with E-state index in [4.69, 9.17) is 9.84 Å². The molecule has 104 valence electrons. The van der Waals surface area contributed by atoms with Crippen LogP contribution in [0.3, 0.4) is 0 Å². The Morgan fingerprint density at radius 2 is 2.00 bits per heavy atom. The lowest BCUT2D eigenvalue weighted by Gasteiger charge is -2.15. The van der Waals surface area contributed by atoms with Crippen LogP contribution in [0.25, 0.3) is 0 Å². The van der Waals surface area contributed by atoms with Crippen molar-refractivity contribution in [2.24, 2.45) is 0 Å². The van der Waals surface area contributed by atoms with E-state index < -0.39 is 0 Å². The highest BCUT2D eigenvalue weighted by molar-refractivity contribution is 5.47. The monoisotopic (exact) mass is 272 g/mol. The van der Waals surface area contributed by atoms with Gasteiger partial charge in [-0.3, -0.25) is 0 Å². The molecule has 1 aliphatic heterocycles. The van der Waals surface area contributed by atoms with Crippen molar-refractivity contribution >= 4 is 0 Å². The molecule has 1 N–H and O–H groups in total. The first-order valence-corrected chi connectivity index (χ1v) is 6.94. The molecule has 1 atom stereocenters. The first-order valence-electron chi connectivity index (χ1n) is 6.94. The van der Waals surface area contributed by atoms with Crippen molar-refractivity contribution in [3.63, 3.8) is 0 Å². The zero-order valence-electron chi connectivity index (χ0n) is 11.2. The van der Waals surface area contributed by atoms with Gasteiger partial charge < -0.3 is 9.84 Å². The van der Waals surface area contributed by atoms with E-state index in [0.29, 0.717) is 0 Å². The summed E-state index contributed by atoms with van der Waals surface area (Å²) in [4.78, 5) is 0. The Hall–Kier alpha value is -1.87. The molecule has 0 amide bonds. The Morgan fingerprint density at radius 1 is 1.15 bits per heavy atom. The van der Waals surface area contributed by atoms with Gasteiger partial charge in [0.25, 0.3) is 0 Å². The summed E-state index contributed by atoms with van der Waals surface area (Å²) in [6, 6.07) is 12.6. The Bertz CT molecular complexity index is 610. The highest BCUT2D eigenvalue weighted by atomic mass is 19.1. The molecule has 3 rings (SSSR count). The zero-order chi connectivity index (χ0) is 13.9. The largest absolute Gasteiger partial charge is 0.457 e. The topological polar surface area (TPSA) is 29.5 Å². The third-order valence-corrected chi connectivity index (χ3v) is 3.78. The smallest absolute Gasteiger partial charge is 0.130 e. The van der Waals surface area contributed by atoms with Crippen molar-refractivity contribution in [2.75, 3.05) is 6.61 Å². The van der Waals surface area contributed by atoms with Crippen LogP contribution in [0.5, 0.6) is 11.5 Å². The van der Waals surface area contributed by atoms with Crippen LogP contribution >= 0.6 is 0 Å². The van der Waals surface area contributed by atoms with Crippen LogP contribution in [-0.4, -0.2) is 11.7 Å². The van der Waals surface area contributed by atoms with E-state index in [9.17, 15) is 4.39 Å². The van der Waals surface area contributed by atoms with Crippen molar-refractivity contribution in [1.29, 1.82) is 0 Å². The molecule has 0 bridgehead atoms. The maximum absolute atomic E-state index is 13.4. The Balaban J connectivity index is 2.02. The third-order valence-electron chi connectivity index (χ3n) is 3.78. The minimum absolute atomic E-state index is 0.176. The summed E-state index contributed by atoms with van der Waals surface area (Å²) in [6.07, 6.45) is 2.35. The molecule has 2 aromatic carbocycles. The summed E-state index contributed by atoms with van der Waals surface area (Å²) in [5, 5.41) is 9.06. The number of fused-ring (bicyclic) bond motifs is 2. The number of hydrogen-bond acceptors (Lipinski definition) is 2. The Morgan fingerprint density at radius 3 is 2.85 bits per heavy atom. The number of para-hydroxylation sites is 1. The standard InChI is InChI=1S/C17H17FO2/c18-14-7-8-16-13(11-14)10-12(4-3-9-19)15-5-1-2-6-17(15)20-16/h1-2,5-8,11-12,19H,3-4,9-10H2. The third kappa shape index (κ3) is 2.54. The second-order valence-corrected chi connectivity index (χ2v) is 5.16. The predicted molar refractivity (Wildman–Crippen MR) is 75.7 cm³/mol. The quantitative estimate of drug-likeness (QED) is 0.914. The number of aliphatic hydroxyl groups excluding tert-OH is 1. The first-order chi connectivity index (χ1) is 9.78. The molecule has 0 aromatic heterocycles. The predicted octanol–water partition coefficient (Wildman–Crippen LogP) is 4.03. The van der Waals surface area contributed by atoms with Crippen molar-refractivity contribution in [1.82, 2.24) is 0 Å². The molecule has 0 fully saturated rings. The van der Waals surface area contributed by atoms with Gasteiger partial charge in [-0.2, -0.15) is 0 Å². The number of ether oxygens (including phenoxy) is 1. The number of aliphatic hydroxyl groups is 1. The molecule has 2 aromatic rings. The molecule has 0 saturated heterocycles. The average Bonchev–Trinajstić information content (AvgIpc) is 2.61. The summed E-state index contributed by atoms with van der Waals surface area (Å²) < 4.78 is 19.4. The van der Waals surface area contributed by atoms with E-state index in [2.05, 4.69) is 6.07 Å². The summed E-state index contributed by atoms with van der Waals surface area (Å²) in [5.41, 5.74) is 2.03. The van der Waals surface area contributed by atoms with Gasteiger partial charge in [0.1, 0.15) is 17.3 Å². The van der Waals surface area contributed by atoms with E-state index in [1.807, 2.05) is 18.2 Å². The van der Waals surface area contributed by atoms with Gasteiger partial charge in [-0.1, -0.05) is 18.2 Å². The number of rotatable bonds is 3. The van der Waals surface area contributed by atoms with Crippen LogP contribution in [0, 0.1) is 5.82 Å². The fourth-order valence-corrected chi connectivity index (χ4v) is 2.81. The van der Waals surface area contributed by atoms with Crippen molar-refractivity contribution in [2.45, 2.75) is 25.2 Å². The lowest BCUT2D eigenvalue weighted by molar-refractivity contribution is 0.279. The summed E-state index contributed by atoms with van der Waals surface area (Å²) in [6.45, 7) is 0.176. The number of benzene rings is 2. The van der Waals surface area contributed by atoms with E-state index in [0.717, 1.165) is 41.9 Å². The summed E-state index contributed by atoms with van der Waals surface area (Å²) in [7, 11) is 0. The second kappa shape index (κ2) is 5.63. The maximum Gasteiger partial charge on any atom is 0.130 e. The van der Waals surface area contributed by atoms with Crippen LogP contribution in [-0.2, 0) is 6.42 Å². The van der Waals surface area contributed by atoms with Gasteiger partial charge in [0.05, 0.1) is 0 Å². The van der Waals surface area contributed by atoms with E-state index in [-0.39, 0.29) is 18.3 Å². The van der Waals surface area contributed by atoms with Gasteiger partial charge >= 0.3 is 0 Å². The molecular formula is C17H17FO2. The fourth-order valence-electron chi connectivity index (χ4n) is 2.81. The number of halogens is 1. The summed E-state index contributed by atoms with van der Waals surface area (Å²) in [5.74, 6) is 1.58. The van der Waals surface area contributed by atoms with Crippen molar-refractivity contribution in [3.8, 4) is 11.5 Å². The van der Waals surface area contributed by atoms with E-state index >= 15 is 0 Å². The van der Waals surface area contributed by atoms with Gasteiger partial charge in [-0.25, -0.2) is 4.39 Å². The van der Waals surface area contributed by atoms with Gasteiger partial charge in [0, 0.05) is 6.61 Å². The van der Waals surface area contributed by atoms with Crippen molar-refractivity contribution in [3.05, 3.63) is 59.4 Å². The van der Waals surface area contributed by atoms with Crippen LogP contribution in [0.4, 0.5) is 4.39 Å². The Labute approximate surface area is 117 Å². The van der Waals surface area contributed by atoms with Crippen LogP contribution < -0.4 is 4.74 Å². The summed E-state index contributed by atoms with van der Waals surface area (Å²) >= 11 is 0. The lowest BCUT2D eigenvalue weighted by Crippen LogP contribution is -2.03. The average molecular weight is 272 g/mol. The second-order valence-electron chi connectivity index (χ2n) is 5.16. The molecule has 2 nitrogen and oxygen atoms in total. The molecule has 20 heavy (non-hydrogen) atoms. The highest BCUT2D eigenvalue weighted by Gasteiger charge is 2.23. The molecule has 0 saturated carbocycles. The molecule has 1 heterocycles. The van der Waals surface area contributed by atoms with Gasteiger partial charge in [0.2, 0.25) is 0 Å². The van der Waals surface area contributed by atoms with Gasteiger partial charge in [0.15, 0.2) is 0 Å². The van der Waals surface area contributed by atoms with E-state index in [1.165, 1.54) is 6.07 Å². The normalized spacial score (nSPS) is 16.8. The lowest BCUT2D eigenvalue weighted by atomic mass is 9.88. The molecule has 3 heteroatoms. The molecule has 1 aliphatic rings. The minimum atomic E-state index is -0.237. The highest BCUT2D eigenvalue weighted by Crippen LogP contribution is 2.41. The number of hydrogen-bond donors (Lipinski definition) is 1. The van der Waals surface area contributed by atoms with Crippen molar-refractivity contribution < 1.29 is 14.2 Å². The SMILES string of the molecule is OCCCC1Cc2cc(F)ccc2Oc2ccccc21. The molecule has 0 aliphatic carbocycles. The Kier molecular flexibility index (Phi) is 3.70. The fraction of sp³-hybridized carbons (Fsp3) is 0.294. The zero-order valence-corrected chi connectivity index (χ0v) is 11.2. The van der Waals surface area contributed by atoms with Crippen LogP contribution in [0.15, 0.2) is 42.5 Å². The van der Waals surface area contributed by atoms with Gasteiger partial charge in [-0.15, -0.1) is 0 Å². The molecular weight excluding hydrogens is 255 g/mol. The molecule has 0 spiro atoms. The molecule has 0 radical (unpaired) electrons. The van der Waals surface area contributed by atoms with E-state index in [1.54, 1.807) is 12.1 Å².